The van der Waals surface area contributed by atoms with Gasteiger partial charge in [0.2, 0.25) is 0 Å². The molecule has 1 aromatic carbocycles. The van der Waals surface area contributed by atoms with E-state index in [0.717, 1.165) is 13.0 Å². The van der Waals surface area contributed by atoms with Crippen LogP contribution in [0.3, 0.4) is 0 Å². The quantitative estimate of drug-likeness (QED) is 0.439. The summed E-state index contributed by atoms with van der Waals surface area (Å²) in [6, 6.07) is 4.03. The number of ether oxygens (including phenoxy) is 1. The Bertz CT molecular complexity index is 601. The number of carbonyl (C=O) groups is 1. The summed E-state index contributed by atoms with van der Waals surface area (Å²) >= 11 is 0. The van der Waals surface area contributed by atoms with Gasteiger partial charge in [-0.1, -0.05) is 6.07 Å². The predicted octanol–water partition coefficient (Wildman–Crippen LogP) is 1.02. The van der Waals surface area contributed by atoms with Gasteiger partial charge >= 0.3 is 0 Å². The molecular weight excluding hydrogens is 272 g/mol. The lowest BCUT2D eigenvalue weighted by molar-refractivity contribution is 0.0974. The molecule has 7 heteroatoms. The second-order valence-corrected chi connectivity index (χ2v) is 4.72. The second kappa shape index (κ2) is 6.72. The van der Waals surface area contributed by atoms with Gasteiger partial charge in [-0.3, -0.25) is 15.1 Å². The average Bonchev–Trinajstić information content (AvgIpc) is 2.99. The molecule has 21 heavy (non-hydrogen) atoms. The molecule has 1 atom stereocenters. The third-order valence-electron chi connectivity index (χ3n) is 3.14. The molecule has 0 aliphatic carbocycles. The fraction of sp³-hybridized carbons (Fsp3) is 0.357. The Balaban J connectivity index is 2.00. The van der Waals surface area contributed by atoms with Crippen molar-refractivity contribution in [2.75, 3.05) is 19.8 Å². The smallest absolute Gasteiger partial charge is 0.260 e. The zero-order valence-electron chi connectivity index (χ0n) is 11.4. The molecule has 7 nitrogen and oxygen atoms in total. The lowest BCUT2D eigenvalue weighted by Crippen LogP contribution is -2.37. The van der Waals surface area contributed by atoms with E-state index in [1.165, 1.54) is 18.2 Å². The standard InChI is InChI=1S/C14H16N4O3/c1-16-10-2-3-12(19)11(6-10)13(20)18-14(15)17-7-9-4-5-21-8-9/h2-3,6,9,19H,4-5,7-8H2,(H3,15,17,18,20). The lowest BCUT2D eigenvalue weighted by Gasteiger charge is -2.08. The summed E-state index contributed by atoms with van der Waals surface area (Å²) < 4.78 is 5.22. The number of phenolic OH excluding ortho intramolecular Hbond substituents is 1. The fourth-order valence-electron chi connectivity index (χ4n) is 1.95. The van der Waals surface area contributed by atoms with E-state index in [-0.39, 0.29) is 23.0 Å². The van der Waals surface area contributed by atoms with Gasteiger partial charge in [0.05, 0.1) is 18.7 Å². The summed E-state index contributed by atoms with van der Waals surface area (Å²) in [5.74, 6) is -0.502. The van der Waals surface area contributed by atoms with Crippen LogP contribution >= 0.6 is 0 Å². The number of nitrogens with two attached hydrogens (primary N) is 1. The Morgan fingerprint density at radius 3 is 3.10 bits per heavy atom. The van der Waals surface area contributed by atoms with Gasteiger partial charge in [-0.25, -0.2) is 4.85 Å². The molecule has 0 spiro atoms. The molecule has 110 valence electrons. The van der Waals surface area contributed by atoms with Crippen molar-refractivity contribution in [1.29, 1.82) is 0 Å². The number of benzene rings is 1. The van der Waals surface area contributed by atoms with Crippen LogP contribution in [0.15, 0.2) is 23.2 Å². The Labute approximate surface area is 122 Å². The molecule has 1 aromatic rings. The normalized spacial score (nSPS) is 18.2. The van der Waals surface area contributed by atoms with E-state index >= 15 is 0 Å². The molecule has 1 amide bonds. The number of aromatic hydroxyl groups is 1. The van der Waals surface area contributed by atoms with E-state index < -0.39 is 5.91 Å². The predicted molar refractivity (Wildman–Crippen MR) is 77.3 cm³/mol. The van der Waals surface area contributed by atoms with Gasteiger partial charge in [-0.15, -0.1) is 0 Å². The Morgan fingerprint density at radius 1 is 1.62 bits per heavy atom. The molecule has 1 aliphatic rings. The molecule has 0 radical (unpaired) electrons. The maximum atomic E-state index is 12.0. The minimum absolute atomic E-state index is 0.00847. The lowest BCUT2D eigenvalue weighted by atomic mass is 10.1. The number of nitrogens with one attached hydrogen (secondary N) is 1. The maximum absolute atomic E-state index is 12.0. The zero-order valence-corrected chi connectivity index (χ0v) is 11.4. The van der Waals surface area contributed by atoms with Crippen molar-refractivity contribution in [2.24, 2.45) is 16.6 Å². The molecule has 4 N–H and O–H groups in total. The van der Waals surface area contributed by atoms with E-state index in [0.29, 0.717) is 19.1 Å². The molecule has 1 heterocycles. The number of aliphatic imine (C=N–C) groups is 1. The van der Waals surface area contributed by atoms with Gasteiger partial charge in [-0.2, -0.15) is 0 Å². The van der Waals surface area contributed by atoms with Crippen LogP contribution in [-0.2, 0) is 4.74 Å². The van der Waals surface area contributed by atoms with Crippen LogP contribution < -0.4 is 11.1 Å². The molecule has 1 fully saturated rings. The van der Waals surface area contributed by atoms with Crippen molar-refractivity contribution < 1.29 is 14.6 Å². The molecule has 2 rings (SSSR count). The van der Waals surface area contributed by atoms with Gasteiger partial charge in [-0.05, 0) is 18.6 Å². The van der Waals surface area contributed by atoms with Gasteiger partial charge in [0.25, 0.3) is 5.91 Å². The van der Waals surface area contributed by atoms with E-state index in [1.54, 1.807) is 0 Å². The first-order valence-corrected chi connectivity index (χ1v) is 6.49. The van der Waals surface area contributed by atoms with Gasteiger partial charge in [0.15, 0.2) is 11.6 Å². The minimum Gasteiger partial charge on any atom is -0.507 e. The van der Waals surface area contributed by atoms with E-state index in [4.69, 9.17) is 17.0 Å². The summed E-state index contributed by atoms with van der Waals surface area (Å²) in [5, 5.41) is 12.1. The zero-order chi connectivity index (χ0) is 15.2. The number of phenols is 1. The van der Waals surface area contributed by atoms with Crippen molar-refractivity contribution in [3.05, 3.63) is 35.2 Å². The monoisotopic (exact) mass is 288 g/mol. The summed E-state index contributed by atoms with van der Waals surface area (Å²) in [4.78, 5) is 19.3. The van der Waals surface area contributed by atoms with Gasteiger partial charge < -0.3 is 15.6 Å². The van der Waals surface area contributed by atoms with E-state index in [9.17, 15) is 9.90 Å². The second-order valence-electron chi connectivity index (χ2n) is 4.72. The molecule has 0 aromatic heterocycles. The number of nitrogens with zero attached hydrogens (tertiary/aromatic N) is 2. The minimum atomic E-state index is -0.595. The largest absolute Gasteiger partial charge is 0.507 e. The summed E-state index contributed by atoms with van der Waals surface area (Å²) in [6.07, 6.45) is 0.929. The molecule has 0 bridgehead atoms. The Morgan fingerprint density at radius 2 is 2.43 bits per heavy atom. The van der Waals surface area contributed by atoms with Crippen LogP contribution in [0.4, 0.5) is 5.69 Å². The first-order chi connectivity index (χ1) is 10.1. The Hall–Kier alpha value is -2.59. The fourth-order valence-corrected chi connectivity index (χ4v) is 1.95. The van der Waals surface area contributed by atoms with Crippen molar-refractivity contribution >= 4 is 17.6 Å². The number of hydrogen-bond acceptors (Lipinski definition) is 4. The topological polar surface area (TPSA) is 101 Å². The van der Waals surface area contributed by atoms with Crippen LogP contribution in [0, 0.1) is 12.5 Å². The molecule has 0 saturated carbocycles. The van der Waals surface area contributed by atoms with Crippen molar-refractivity contribution in [2.45, 2.75) is 6.42 Å². The van der Waals surface area contributed by atoms with Gasteiger partial charge in [0, 0.05) is 19.1 Å². The molecule has 1 saturated heterocycles. The maximum Gasteiger partial charge on any atom is 0.260 e. The van der Waals surface area contributed by atoms with Crippen LogP contribution in [0.5, 0.6) is 5.75 Å². The first-order valence-electron chi connectivity index (χ1n) is 6.49. The van der Waals surface area contributed by atoms with Crippen LogP contribution in [0.2, 0.25) is 0 Å². The molecular formula is C14H16N4O3. The van der Waals surface area contributed by atoms with Crippen molar-refractivity contribution in [1.82, 2.24) is 5.32 Å². The Kier molecular flexibility index (Phi) is 4.74. The number of amides is 1. The van der Waals surface area contributed by atoms with Crippen LogP contribution in [0.25, 0.3) is 4.85 Å². The highest BCUT2D eigenvalue weighted by molar-refractivity contribution is 6.07. The SMILES string of the molecule is [C-]#[N+]c1ccc(O)c(C(=O)NC(N)=NCC2CCOC2)c1. The van der Waals surface area contributed by atoms with Crippen molar-refractivity contribution in [3.63, 3.8) is 0 Å². The highest BCUT2D eigenvalue weighted by Crippen LogP contribution is 2.23. The van der Waals surface area contributed by atoms with E-state index in [2.05, 4.69) is 15.2 Å². The highest BCUT2D eigenvalue weighted by atomic mass is 16.5. The summed E-state index contributed by atoms with van der Waals surface area (Å²) in [7, 11) is 0. The van der Waals surface area contributed by atoms with Crippen LogP contribution in [0.1, 0.15) is 16.8 Å². The third-order valence-corrected chi connectivity index (χ3v) is 3.14. The number of guanidine groups is 1. The first kappa shape index (κ1) is 14.8. The van der Waals surface area contributed by atoms with Gasteiger partial charge in [0.1, 0.15) is 5.75 Å². The third kappa shape index (κ3) is 3.94. The van der Waals surface area contributed by atoms with E-state index in [1.807, 2.05) is 0 Å². The highest BCUT2D eigenvalue weighted by Gasteiger charge is 2.16. The number of carbonyl (C=O) groups excluding carboxylic acids is 1. The molecule has 1 aliphatic heterocycles. The summed E-state index contributed by atoms with van der Waals surface area (Å²) in [6.45, 7) is 8.77. The average molecular weight is 288 g/mol. The number of rotatable bonds is 3. The molecule has 1 unspecified atom stereocenters. The van der Waals surface area contributed by atoms with Crippen molar-refractivity contribution in [3.8, 4) is 5.75 Å². The number of hydrogen-bond donors (Lipinski definition) is 3. The van der Waals surface area contributed by atoms with Crippen LogP contribution in [-0.4, -0.2) is 36.7 Å². The summed E-state index contributed by atoms with van der Waals surface area (Å²) in [5.41, 5.74) is 5.90.